The van der Waals surface area contributed by atoms with Gasteiger partial charge in [-0.2, -0.15) is 0 Å². The van der Waals surface area contributed by atoms with Gasteiger partial charge in [0.25, 0.3) is 0 Å². The summed E-state index contributed by atoms with van der Waals surface area (Å²) >= 11 is 8.95. The molecule has 0 radical (unpaired) electrons. The van der Waals surface area contributed by atoms with E-state index in [1.807, 2.05) is 24.3 Å². The molecule has 1 aromatic rings. The van der Waals surface area contributed by atoms with Crippen molar-refractivity contribution in [3.8, 4) is 0 Å². The normalized spacial score (nSPS) is 12.9. The van der Waals surface area contributed by atoms with Crippen molar-refractivity contribution in [2.45, 2.75) is 12.5 Å². The Kier molecular flexibility index (Phi) is 4.06. The molecule has 0 aliphatic heterocycles. The van der Waals surface area contributed by atoms with Crippen molar-refractivity contribution in [2.24, 2.45) is 5.73 Å². The lowest BCUT2D eigenvalue weighted by atomic mass is 10.1. The first-order valence-corrected chi connectivity index (χ1v) is 5.14. The van der Waals surface area contributed by atoms with Gasteiger partial charge in [-0.1, -0.05) is 28.1 Å². The molecule has 0 spiro atoms. The second kappa shape index (κ2) is 4.85. The van der Waals surface area contributed by atoms with Crippen LogP contribution in [0.3, 0.4) is 0 Å². The van der Waals surface area contributed by atoms with E-state index in [4.69, 9.17) is 17.3 Å². The largest absolute Gasteiger partial charge is 0.324 e. The van der Waals surface area contributed by atoms with Crippen molar-refractivity contribution >= 4 is 27.5 Å². The minimum atomic E-state index is 0.0654. The number of nitrogens with two attached hydrogens (primary N) is 1. The predicted molar refractivity (Wildman–Crippen MR) is 56.4 cm³/mol. The van der Waals surface area contributed by atoms with E-state index >= 15 is 0 Å². The highest BCUT2D eigenvalue weighted by molar-refractivity contribution is 9.10. The van der Waals surface area contributed by atoms with E-state index in [1.165, 1.54) is 0 Å². The highest BCUT2D eigenvalue weighted by atomic mass is 79.9. The highest BCUT2D eigenvalue weighted by Gasteiger charge is 2.03. The van der Waals surface area contributed by atoms with E-state index in [2.05, 4.69) is 15.9 Å². The van der Waals surface area contributed by atoms with Gasteiger partial charge in [0.1, 0.15) is 0 Å². The molecule has 0 saturated carbocycles. The zero-order valence-electron chi connectivity index (χ0n) is 6.63. The molecule has 0 amide bonds. The van der Waals surface area contributed by atoms with Gasteiger partial charge in [-0.05, 0) is 24.1 Å². The maximum Gasteiger partial charge on any atom is 0.0306 e. The fourth-order valence-corrected chi connectivity index (χ4v) is 1.49. The van der Waals surface area contributed by atoms with E-state index in [1.54, 1.807) is 0 Å². The summed E-state index contributed by atoms with van der Waals surface area (Å²) in [5, 5.41) is 0. The van der Waals surface area contributed by atoms with Crippen LogP contribution in [0.15, 0.2) is 28.7 Å². The van der Waals surface area contributed by atoms with Crippen molar-refractivity contribution in [2.75, 3.05) is 5.88 Å². The Morgan fingerprint density at radius 3 is 2.42 bits per heavy atom. The molecule has 0 aliphatic rings. The van der Waals surface area contributed by atoms with Gasteiger partial charge in [0.2, 0.25) is 0 Å². The summed E-state index contributed by atoms with van der Waals surface area (Å²) in [5.41, 5.74) is 6.99. The van der Waals surface area contributed by atoms with Gasteiger partial charge in [0.15, 0.2) is 0 Å². The van der Waals surface area contributed by atoms with Gasteiger partial charge in [-0.15, -0.1) is 11.6 Å². The zero-order valence-corrected chi connectivity index (χ0v) is 8.98. The summed E-state index contributed by atoms with van der Waals surface area (Å²) in [7, 11) is 0. The van der Waals surface area contributed by atoms with Crippen LogP contribution in [0.5, 0.6) is 0 Å². The SMILES string of the molecule is NC(CCCl)c1ccc(Br)cc1. The van der Waals surface area contributed by atoms with Crippen molar-refractivity contribution in [1.82, 2.24) is 0 Å². The minimum Gasteiger partial charge on any atom is -0.324 e. The number of hydrogen-bond acceptors (Lipinski definition) is 1. The van der Waals surface area contributed by atoms with Crippen LogP contribution in [0.25, 0.3) is 0 Å². The van der Waals surface area contributed by atoms with E-state index < -0.39 is 0 Å². The standard InChI is InChI=1S/C9H11BrClN/c10-8-3-1-7(2-4-8)9(12)5-6-11/h1-4,9H,5-6,12H2. The fraction of sp³-hybridized carbons (Fsp3) is 0.333. The molecule has 3 heteroatoms. The summed E-state index contributed by atoms with van der Waals surface area (Å²) in [6.07, 6.45) is 0.823. The molecule has 2 N–H and O–H groups in total. The maximum atomic E-state index is 5.86. The molecule has 1 aromatic carbocycles. The maximum absolute atomic E-state index is 5.86. The summed E-state index contributed by atoms with van der Waals surface area (Å²) in [6, 6.07) is 8.07. The molecule has 0 aliphatic carbocycles. The molecule has 1 atom stereocenters. The lowest BCUT2D eigenvalue weighted by molar-refractivity contribution is 0.703. The van der Waals surface area contributed by atoms with Crippen LogP contribution in [-0.2, 0) is 0 Å². The molecule has 1 rings (SSSR count). The van der Waals surface area contributed by atoms with Gasteiger partial charge in [0.05, 0.1) is 0 Å². The lowest BCUT2D eigenvalue weighted by Gasteiger charge is -2.09. The lowest BCUT2D eigenvalue weighted by Crippen LogP contribution is -2.10. The zero-order chi connectivity index (χ0) is 8.97. The molecule has 1 unspecified atom stereocenters. The number of halogens is 2. The molecular weight excluding hydrogens is 237 g/mol. The van der Waals surface area contributed by atoms with E-state index in [0.717, 1.165) is 16.5 Å². The van der Waals surface area contributed by atoms with Crippen molar-refractivity contribution in [3.63, 3.8) is 0 Å². The molecular formula is C9H11BrClN. The first-order valence-electron chi connectivity index (χ1n) is 3.81. The van der Waals surface area contributed by atoms with Gasteiger partial charge in [-0.25, -0.2) is 0 Å². The molecule has 1 nitrogen and oxygen atoms in total. The average molecular weight is 249 g/mol. The van der Waals surface area contributed by atoms with Gasteiger partial charge in [-0.3, -0.25) is 0 Å². The van der Waals surface area contributed by atoms with Crippen LogP contribution in [0, 0.1) is 0 Å². The molecule has 66 valence electrons. The summed E-state index contributed by atoms with van der Waals surface area (Å²) in [4.78, 5) is 0. The van der Waals surface area contributed by atoms with Crippen molar-refractivity contribution in [1.29, 1.82) is 0 Å². The average Bonchev–Trinajstić information content (AvgIpc) is 2.06. The minimum absolute atomic E-state index is 0.0654. The molecule has 0 fully saturated rings. The smallest absolute Gasteiger partial charge is 0.0306 e. The summed E-state index contributed by atoms with van der Waals surface area (Å²) < 4.78 is 1.07. The Bertz CT molecular complexity index is 235. The van der Waals surface area contributed by atoms with E-state index in [9.17, 15) is 0 Å². The quantitative estimate of drug-likeness (QED) is 0.818. The summed E-state index contributed by atoms with van der Waals surface area (Å²) in [6.45, 7) is 0. The van der Waals surface area contributed by atoms with Crippen LogP contribution in [-0.4, -0.2) is 5.88 Å². The molecule has 0 bridgehead atoms. The Hall–Kier alpha value is -0.0500. The predicted octanol–water partition coefficient (Wildman–Crippen LogP) is 3.08. The first kappa shape index (κ1) is 10.0. The number of benzene rings is 1. The molecule has 0 saturated heterocycles. The third-order valence-electron chi connectivity index (χ3n) is 1.72. The third kappa shape index (κ3) is 2.77. The second-order valence-corrected chi connectivity index (χ2v) is 3.93. The summed E-state index contributed by atoms with van der Waals surface area (Å²) in [5.74, 6) is 0.608. The Morgan fingerprint density at radius 1 is 1.33 bits per heavy atom. The number of rotatable bonds is 3. The van der Waals surface area contributed by atoms with E-state index in [-0.39, 0.29) is 6.04 Å². The van der Waals surface area contributed by atoms with Crippen molar-refractivity contribution < 1.29 is 0 Å². The fourth-order valence-electron chi connectivity index (χ4n) is 0.994. The van der Waals surface area contributed by atoms with Crippen LogP contribution in [0.4, 0.5) is 0 Å². The monoisotopic (exact) mass is 247 g/mol. The second-order valence-electron chi connectivity index (χ2n) is 2.64. The van der Waals surface area contributed by atoms with E-state index in [0.29, 0.717) is 5.88 Å². The van der Waals surface area contributed by atoms with Crippen LogP contribution in [0.1, 0.15) is 18.0 Å². The van der Waals surface area contributed by atoms with Crippen molar-refractivity contribution in [3.05, 3.63) is 34.3 Å². The van der Waals surface area contributed by atoms with Gasteiger partial charge in [0, 0.05) is 16.4 Å². The molecule has 0 heterocycles. The van der Waals surface area contributed by atoms with Crippen LogP contribution in [0.2, 0.25) is 0 Å². The highest BCUT2D eigenvalue weighted by Crippen LogP contribution is 2.17. The van der Waals surface area contributed by atoms with Gasteiger partial charge < -0.3 is 5.73 Å². The molecule has 12 heavy (non-hydrogen) atoms. The van der Waals surface area contributed by atoms with Gasteiger partial charge >= 0.3 is 0 Å². The Morgan fingerprint density at radius 2 is 1.92 bits per heavy atom. The third-order valence-corrected chi connectivity index (χ3v) is 2.47. The molecule has 0 aromatic heterocycles. The Balaban J connectivity index is 2.68. The number of hydrogen-bond donors (Lipinski definition) is 1. The van der Waals surface area contributed by atoms with Crippen LogP contribution < -0.4 is 5.73 Å². The number of alkyl halides is 1. The van der Waals surface area contributed by atoms with Crippen LogP contribution >= 0.6 is 27.5 Å². The first-order chi connectivity index (χ1) is 5.74. The topological polar surface area (TPSA) is 26.0 Å². The Labute approximate surface area is 86.0 Å².